The Hall–Kier alpha value is -3.28. The monoisotopic (exact) mass is 353 g/mol. The van der Waals surface area contributed by atoms with Crippen LogP contribution in [0.5, 0.6) is 5.75 Å². The number of rotatable bonds is 6. The van der Waals surface area contributed by atoms with Crippen LogP contribution in [-0.4, -0.2) is 30.1 Å². The molecule has 2 N–H and O–H groups in total. The van der Waals surface area contributed by atoms with Gasteiger partial charge >= 0.3 is 5.97 Å². The second-order valence-corrected chi connectivity index (χ2v) is 5.97. The molecule has 6 heteroatoms. The van der Waals surface area contributed by atoms with Gasteiger partial charge in [-0.1, -0.05) is 30.3 Å². The van der Waals surface area contributed by atoms with Crippen molar-refractivity contribution in [1.29, 1.82) is 0 Å². The molecule has 2 aromatic carbocycles. The molecule has 1 amide bonds. The Labute approximate surface area is 150 Å². The molecule has 0 aliphatic heterocycles. The molecule has 134 valence electrons. The molecule has 1 atom stereocenters. The van der Waals surface area contributed by atoms with Crippen LogP contribution in [0.1, 0.15) is 21.7 Å². The highest BCUT2D eigenvalue weighted by atomic mass is 16.5. The molecule has 3 aromatic rings. The van der Waals surface area contributed by atoms with Gasteiger partial charge in [0.2, 0.25) is 0 Å². The van der Waals surface area contributed by atoms with Gasteiger partial charge in [-0.05, 0) is 24.6 Å². The lowest BCUT2D eigenvalue weighted by Gasteiger charge is -2.14. The lowest BCUT2D eigenvalue weighted by Crippen LogP contribution is -2.42. The molecular formula is C20H19NO5. The number of fused-ring (bicyclic) bond motifs is 1. The van der Waals surface area contributed by atoms with Crippen molar-refractivity contribution in [2.45, 2.75) is 19.4 Å². The van der Waals surface area contributed by atoms with Crippen LogP contribution in [0.3, 0.4) is 0 Å². The summed E-state index contributed by atoms with van der Waals surface area (Å²) < 4.78 is 10.8. The molecule has 0 saturated heterocycles. The molecular weight excluding hydrogens is 334 g/mol. The van der Waals surface area contributed by atoms with Crippen LogP contribution in [0.25, 0.3) is 11.0 Å². The molecule has 0 fully saturated rings. The first-order valence-corrected chi connectivity index (χ1v) is 8.14. The summed E-state index contributed by atoms with van der Waals surface area (Å²) in [6.45, 7) is 1.76. The number of methoxy groups -OCH3 is 1. The Kier molecular flexibility index (Phi) is 4.93. The van der Waals surface area contributed by atoms with Crippen molar-refractivity contribution in [3.63, 3.8) is 0 Å². The van der Waals surface area contributed by atoms with Crippen molar-refractivity contribution >= 4 is 22.8 Å². The SMILES string of the molecule is COc1ccc2c(C)c(C(=O)N[C@@H](Cc3ccccc3)C(=O)O)oc2c1. The minimum Gasteiger partial charge on any atom is -0.497 e. The highest BCUT2D eigenvalue weighted by Gasteiger charge is 2.25. The van der Waals surface area contributed by atoms with Crippen molar-refractivity contribution in [3.05, 3.63) is 65.4 Å². The van der Waals surface area contributed by atoms with Gasteiger partial charge in [-0.25, -0.2) is 4.79 Å². The van der Waals surface area contributed by atoms with Gasteiger partial charge in [0.25, 0.3) is 5.91 Å². The molecule has 0 bridgehead atoms. The molecule has 26 heavy (non-hydrogen) atoms. The van der Waals surface area contributed by atoms with Crippen LogP contribution < -0.4 is 10.1 Å². The van der Waals surface area contributed by atoms with Crippen molar-refractivity contribution < 1.29 is 23.8 Å². The van der Waals surface area contributed by atoms with Gasteiger partial charge in [0.1, 0.15) is 17.4 Å². The average molecular weight is 353 g/mol. The largest absolute Gasteiger partial charge is 0.497 e. The molecule has 0 unspecified atom stereocenters. The number of hydrogen-bond acceptors (Lipinski definition) is 4. The summed E-state index contributed by atoms with van der Waals surface area (Å²) in [7, 11) is 1.55. The van der Waals surface area contributed by atoms with E-state index in [-0.39, 0.29) is 12.2 Å². The first-order valence-electron chi connectivity index (χ1n) is 8.14. The number of carbonyl (C=O) groups excluding carboxylic acids is 1. The van der Waals surface area contributed by atoms with Crippen LogP contribution in [0.15, 0.2) is 52.9 Å². The average Bonchev–Trinajstić information content (AvgIpc) is 2.98. The van der Waals surface area contributed by atoms with E-state index in [1.807, 2.05) is 36.4 Å². The third-order valence-corrected chi connectivity index (χ3v) is 4.24. The van der Waals surface area contributed by atoms with Gasteiger partial charge in [0.05, 0.1) is 7.11 Å². The molecule has 0 spiro atoms. The van der Waals surface area contributed by atoms with E-state index in [1.165, 1.54) is 0 Å². The maximum absolute atomic E-state index is 12.6. The molecule has 6 nitrogen and oxygen atoms in total. The number of ether oxygens (including phenoxy) is 1. The number of nitrogens with one attached hydrogen (secondary N) is 1. The standard InChI is InChI=1S/C20H19NO5/c1-12-15-9-8-14(25-2)11-17(15)26-18(12)19(22)21-16(20(23)24)10-13-6-4-3-5-7-13/h3-9,11,16H,10H2,1-2H3,(H,21,22)(H,23,24)/t16-/m0/s1. The van der Waals surface area contributed by atoms with Crippen molar-refractivity contribution in [3.8, 4) is 5.75 Å². The van der Waals surface area contributed by atoms with Gasteiger partial charge < -0.3 is 19.6 Å². The summed E-state index contributed by atoms with van der Waals surface area (Å²) in [5.41, 5.74) is 2.00. The number of amides is 1. The van der Waals surface area contributed by atoms with Crippen LogP contribution in [-0.2, 0) is 11.2 Å². The first kappa shape index (κ1) is 17.5. The van der Waals surface area contributed by atoms with Crippen LogP contribution in [0.2, 0.25) is 0 Å². The maximum atomic E-state index is 12.6. The Bertz CT molecular complexity index is 945. The van der Waals surface area contributed by atoms with E-state index < -0.39 is 17.9 Å². The fraction of sp³-hybridized carbons (Fsp3) is 0.200. The second-order valence-electron chi connectivity index (χ2n) is 5.97. The predicted octanol–water partition coefficient (Wildman–Crippen LogP) is 3.18. The molecule has 0 aliphatic carbocycles. The molecule has 0 radical (unpaired) electrons. The topological polar surface area (TPSA) is 88.8 Å². The van der Waals surface area contributed by atoms with Gasteiger partial charge in [0, 0.05) is 23.4 Å². The minimum atomic E-state index is -1.10. The molecule has 0 aliphatic rings. The summed E-state index contributed by atoms with van der Waals surface area (Å²) in [5, 5.41) is 12.8. The Morgan fingerprint density at radius 3 is 2.58 bits per heavy atom. The van der Waals surface area contributed by atoms with E-state index in [9.17, 15) is 14.7 Å². The Morgan fingerprint density at radius 2 is 1.92 bits per heavy atom. The zero-order chi connectivity index (χ0) is 18.7. The summed E-state index contributed by atoms with van der Waals surface area (Å²) in [4.78, 5) is 24.1. The van der Waals surface area contributed by atoms with Crippen molar-refractivity contribution in [2.24, 2.45) is 0 Å². The fourth-order valence-corrected chi connectivity index (χ4v) is 2.82. The predicted molar refractivity (Wildman–Crippen MR) is 96.5 cm³/mol. The minimum absolute atomic E-state index is 0.104. The van der Waals surface area contributed by atoms with E-state index in [4.69, 9.17) is 9.15 Å². The van der Waals surface area contributed by atoms with E-state index in [1.54, 1.807) is 26.2 Å². The van der Waals surface area contributed by atoms with Gasteiger partial charge in [0.15, 0.2) is 5.76 Å². The second kappa shape index (κ2) is 7.31. The first-order chi connectivity index (χ1) is 12.5. The Morgan fingerprint density at radius 1 is 1.19 bits per heavy atom. The van der Waals surface area contributed by atoms with E-state index in [0.29, 0.717) is 16.9 Å². The summed E-state index contributed by atoms with van der Waals surface area (Å²) in [6, 6.07) is 13.4. The maximum Gasteiger partial charge on any atom is 0.326 e. The van der Waals surface area contributed by atoms with Crippen molar-refractivity contribution in [1.82, 2.24) is 5.32 Å². The van der Waals surface area contributed by atoms with Gasteiger partial charge in [-0.15, -0.1) is 0 Å². The number of benzene rings is 2. The lowest BCUT2D eigenvalue weighted by molar-refractivity contribution is -0.139. The van der Waals surface area contributed by atoms with Crippen LogP contribution in [0.4, 0.5) is 0 Å². The number of carbonyl (C=O) groups is 2. The number of furan rings is 1. The summed E-state index contributed by atoms with van der Waals surface area (Å²) in [5.74, 6) is -0.933. The number of hydrogen-bond donors (Lipinski definition) is 2. The van der Waals surface area contributed by atoms with Crippen molar-refractivity contribution in [2.75, 3.05) is 7.11 Å². The smallest absolute Gasteiger partial charge is 0.326 e. The normalized spacial score (nSPS) is 11.9. The zero-order valence-corrected chi connectivity index (χ0v) is 14.5. The number of aryl methyl sites for hydroxylation is 1. The molecule has 1 aromatic heterocycles. The highest BCUT2D eigenvalue weighted by molar-refractivity contribution is 6.00. The summed E-state index contributed by atoms with van der Waals surface area (Å²) >= 11 is 0. The number of carboxylic acid groups (broad SMARTS) is 1. The van der Waals surface area contributed by atoms with E-state index in [0.717, 1.165) is 10.9 Å². The van der Waals surface area contributed by atoms with Gasteiger partial charge in [-0.2, -0.15) is 0 Å². The number of aliphatic carboxylic acids is 1. The third kappa shape index (κ3) is 3.54. The molecule has 0 saturated carbocycles. The van der Waals surface area contributed by atoms with Crippen LogP contribution in [0, 0.1) is 6.92 Å². The highest BCUT2D eigenvalue weighted by Crippen LogP contribution is 2.28. The summed E-state index contributed by atoms with van der Waals surface area (Å²) in [6.07, 6.45) is 0.189. The number of carboxylic acids is 1. The lowest BCUT2D eigenvalue weighted by atomic mass is 10.1. The fourth-order valence-electron chi connectivity index (χ4n) is 2.82. The van der Waals surface area contributed by atoms with Gasteiger partial charge in [-0.3, -0.25) is 4.79 Å². The quantitative estimate of drug-likeness (QED) is 0.710. The van der Waals surface area contributed by atoms with Crippen LogP contribution >= 0.6 is 0 Å². The Balaban J connectivity index is 1.84. The van der Waals surface area contributed by atoms with E-state index in [2.05, 4.69) is 5.32 Å². The molecule has 1 heterocycles. The van der Waals surface area contributed by atoms with E-state index >= 15 is 0 Å². The molecule has 3 rings (SSSR count). The zero-order valence-electron chi connectivity index (χ0n) is 14.5. The third-order valence-electron chi connectivity index (χ3n) is 4.24.